The second-order valence-electron chi connectivity index (χ2n) is 6.58. The zero-order valence-electron chi connectivity index (χ0n) is 15.7. The van der Waals surface area contributed by atoms with Crippen molar-refractivity contribution in [3.63, 3.8) is 0 Å². The van der Waals surface area contributed by atoms with Gasteiger partial charge in [0, 0.05) is 10.8 Å². The standard InChI is InChI=1S/C20H26N2O3S/c1-5-25-20(24)16-11-17(15-9-7-6-8-10-15)26-19(16)22-18(23)14(4)21-12-13(2)3/h6-11,13-14,21H,5,12H2,1-4H3,(H,22,23)/p+1/t14-/m0/s1. The first-order valence-corrected chi connectivity index (χ1v) is 9.74. The predicted octanol–water partition coefficient (Wildman–Crippen LogP) is 3.14. The van der Waals surface area contributed by atoms with Gasteiger partial charge in [-0.05, 0) is 25.5 Å². The Balaban J connectivity index is 2.23. The van der Waals surface area contributed by atoms with Gasteiger partial charge in [0.05, 0.1) is 18.7 Å². The molecule has 26 heavy (non-hydrogen) atoms. The molecule has 0 aliphatic carbocycles. The number of amides is 1. The normalized spacial score (nSPS) is 12.0. The molecule has 0 aliphatic rings. The Labute approximate surface area is 158 Å². The number of thiophene rings is 1. The molecular formula is C20H27N2O3S+. The van der Waals surface area contributed by atoms with Gasteiger partial charge in [0.25, 0.3) is 5.91 Å². The number of nitrogens with one attached hydrogen (secondary N) is 1. The van der Waals surface area contributed by atoms with E-state index >= 15 is 0 Å². The van der Waals surface area contributed by atoms with Crippen LogP contribution in [0.5, 0.6) is 0 Å². The van der Waals surface area contributed by atoms with Crippen LogP contribution in [0.25, 0.3) is 10.4 Å². The number of anilines is 1. The van der Waals surface area contributed by atoms with Crippen LogP contribution in [-0.4, -0.2) is 31.1 Å². The Hall–Kier alpha value is -2.18. The highest BCUT2D eigenvalue weighted by molar-refractivity contribution is 7.20. The summed E-state index contributed by atoms with van der Waals surface area (Å²) in [6, 6.07) is 11.3. The van der Waals surface area contributed by atoms with Crippen LogP contribution in [0.3, 0.4) is 0 Å². The third kappa shape index (κ3) is 5.41. The smallest absolute Gasteiger partial charge is 0.341 e. The quantitative estimate of drug-likeness (QED) is 0.696. The van der Waals surface area contributed by atoms with Crippen LogP contribution in [0.2, 0.25) is 0 Å². The Morgan fingerprint density at radius 1 is 1.19 bits per heavy atom. The minimum Gasteiger partial charge on any atom is -0.462 e. The van der Waals surface area contributed by atoms with E-state index in [-0.39, 0.29) is 11.9 Å². The molecule has 6 heteroatoms. The lowest BCUT2D eigenvalue weighted by Crippen LogP contribution is -2.92. The maximum atomic E-state index is 12.5. The van der Waals surface area contributed by atoms with Crippen LogP contribution in [0, 0.1) is 5.92 Å². The first-order valence-electron chi connectivity index (χ1n) is 8.92. The molecule has 1 heterocycles. The third-order valence-corrected chi connectivity index (χ3v) is 5.00. The van der Waals surface area contributed by atoms with Crippen molar-refractivity contribution in [3.8, 4) is 10.4 Å². The first kappa shape index (κ1) is 20.1. The van der Waals surface area contributed by atoms with E-state index in [2.05, 4.69) is 19.2 Å². The number of nitrogens with two attached hydrogens (primary N) is 1. The van der Waals surface area contributed by atoms with E-state index in [9.17, 15) is 9.59 Å². The maximum absolute atomic E-state index is 12.5. The highest BCUT2D eigenvalue weighted by atomic mass is 32.1. The molecule has 0 spiro atoms. The largest absolute Gasteiger partial charge is 0.462 e. The number of rotatable bonds is 8. The molecule has 0 aliphatic heterocycles. The topological polar surface area (TPSA) is 72.0 Å². The Morgan fingerprint density at radius 3 is 2.50 bits per heavy atom. The van der Waals surface area contributed by atoms with Gasteiger partial charge in [-0.3, -0.25) is 4.79 Å². The van der Waals surface area contributed by atoms with Gasteiger partial charge in [-0.1, -0.05) is 44.2 Å². The number of carbonyl (C=O) groups is 2. The molecule has 5 nitrogen and oxygen atoms in total. The van der Waals surface area contributed by atoms with E-state index < -0.39 is 5.97 Å². The van der Waals surface area contributed by atoms with Crippen LogP contribution in [0.1, 0.15) is 38.1 Å². The molecule has 2 aromatic rings. The van der Waals surface area contributed by atoms with Crippen molar-refractivity contribution in [3.05, 3.63) is 42.0 Å². The molecule has 140 valence electrons. The molecule has 0 bridgehead atoms. The maximum Gasteiger partial charge on any atom is 0.341 e. The summed E-state index contributed by atoms with van der Waals surface area (Å²) >= 11 is 1.39. The van der Waals surface area contributed by atoms with Gasteiger partial charge in [-0.2, -0.15) is 0 Å². The zero-order chi connectivity index (χ0) is 19.1. The van der Waals surface area contributed by atoms with Gasteiger partial charge in [-0.15, -0.1) is 11.3 Å². The summed E-state index contributed by atoms with van der Waals surface area (Å²) in [6.45, 7) is 9.04. The van der Waals surface area contributed by atoms with Crippen LogP contribution in [0.15, 0.2) is 36.4 Å². The summed E-state index contributed by atoms with van der Waals surface area (Å²) in [4.78, 5) is 25.7. The Bertz CT molecular complexity index is 741. The van der Waals surface area contributed by atoms with Crippen LogP contribution in [-0.2, 0) is 9.53 Å². The minimum absolute atomic E-state index is 0.113. The summed E-state index contributed by atoms with van der Waals surface area (Å²) < 4.78 is 5.15. The number of esters is 1. The van der Waals surface area contributed by atoms with Crippen LogP contribution >= 0.6 is 11.3 Å². The monoisotopic (exact) mass is 375 g/mol. The summed E-state index contributed by atoms with van der Waals surface area (Å²) in [5.41, 5.74) is 1.41. The fourth-order valence-corrected chi connectivity index (χ4v) is 3.45. The third-order valence-electron chi connectivity index (χ3n) is 3.90. The van der Waals surface area contributed by atoms with Crippen molar-refractivity contribution in [2.75, 3.05) is 18.5 Å². The molecule has 1 amide bonds. The van der Waals surface area contributed by atoms with E-state index in [0.717, 1.165) is 17.0 Å². The van der Waals surface area contributed by atoms with Crippen molar-refractivity contribution in [1.82, 2.24) is 0 Å². The van der Waals surface area contributed by atoms with Gasteiger partial charge >= 0.3 is 5.97 Å². The highest BCUT2D eigenvalue weighted by Crippen LogP contribution is 2.35. The van der Waals surface area contributed by atoms with E-state index in [4.69, 9.17) is 4.74 Å². The van der Waals surface area contributed by atoms with Crippen LogP contribution < -0.4 is 10.6 Å². The number of quaternary nitrogens is 1. The molecule has 2 rings (SSSR count). The lowest BCUT2D eigenvalue weighted by atomic mass is 10.1. The second kappa shape index (κ2) is 9.50. The summed E-state index contributed by atoms with van der Waals surface area (Å²) in [5.74, 6) is -0.0236. The van der Waals surface area contributed by atoms with Crippen molar-refractivity contribution < 1.29 is 19.6 Å². The zero-order valence-corrected chi connectivity index (χ0v) is 16.6. The van der Waals surface area contributed by atoms with Crippen LogP contribution in [0.4, 0.5) is 5.00 Å². The average Bonchev–Trinajstić information content (AvgIpc) is 3.04. The van der Waals surface area contributed by atoms with Gasteiger partial charge in [0.2, 0.25) is 0 Å². The molecule has 0 saturated carbocycles. The molecule has 1 aromatic heterocycles. The lowest BCUT2D eigenvalue weighted by Gasteiger charge is -2.12. The molecule has 1 atom stereocenters. The number of carbonyl (C=O) groups excluding carboxylic acids is 2. The second-order valence-corrected chi connectivity index (χ2v) is 7.64. The summed E-state index contributed by atoms with van der Waals surface area (Å²) in [7, 11) is 0. The average molecular weight is 376 g/mol. The minimum atomic E-state index is -0.417. The number of ether oxygens (including phenoxy) is 1. The first-order chi connectivity index (χ1) is 12.4. The molecular weight excluding hydrogens is 348 g/mol. The van der Waals surface area contributed by atoms with Crippen molar-refractivity contribution >= 4 is 28.2 Å². The van der Waals surface area contributed by atoms with Gasteiger partial charge < -0.3 is 15.4 Å². The Morgan fingerprint density at radius 2 is 1.88 bits per heavy atom. The molecule has 0 fully saturated rings. The predicted molar refractivity (Wildman–Crippen MR) is 105 cm³/mol. The van der Waals surface area contributed by atoms with Gasteiger partial charge in [0.15, 0.2) is 6.04 Å². The molecule has 0 radical (unpaired) electrons. The molecule has 1 aromatic carbocycles. The van der Waals surface area contributed by atoms with E-state index in [1.807, 2.05) is 42.6 Å². The highest BCUT2D eigenvalue weighted by Gasteiger charge is 2.23. The van der Waals surface area contributed by atoms with Crippen molar-refractivity contribution in [1.29, 1.82) is 0 Å². The van der Waals surface area contributed by atoms with Crippen molar-refractivity contribution in [2.45, 2.75) is 33.7 Å². The number of hydrogen-bond acceptors (Lipinski definition) is 4. The van der Waals surface area contributed by atoms with Gasteiger partial charge in [-0.25, -0.2) is 4.79 Å². The molecule has 0 saturated heterocycles. The van der Waals surface area contributed by atoms with E-state index in [0.29, 0.717) is 23.1 Å². The Kier molecular flexibility index (Phi) is 7.36. The van der Waals surface area contributed by atoms with Crippen molar-refractivity contribution in [2.24, 2.45) is 5.92 Å². The number of benzene rings is 1. The summed E-state index contributed by atoms with van der Waals surface area (Å²) in [5, 5.41) is 5.46. The summed E-state index contributed by atoms with van der Waals surface area (Å²) in [6.07, 6.45) is 0. The molecule has 3 N–H and O–H groups in total. The lowest BCUT2D eigenvalue weighted by molar-refractivity contribution is -0.677. The fourth-order valence-electron chi connectivity index (χ4n) is 2.40. The van der Waals surface area contributed by atoms with E-state index in [1.54, 1.807) is 13.0 Å². The SMILES string of the molecule is CCOC(=O)c1cc(-c2ccccc2)sc1NC(=O)[C@H](C)[NH2+]CC(C)C. The fraction of sp³-hybridized carbons (Fsp3) is 0.400. The van der Waals surface area contributed by atoms with Gasteiger partial charge in [0.1, 0.15) is 5.00 Å². The molecule has 0 unspecified atom stereocenters. The number of hydrogen-bond donors (Lipinski definition) is 2. The van der Waals surface area contributed by atoms with E-state index in [1.165, 1.54) is 11.3 Å².